The van der Waals surface area contributed by atoms with Gasteiger partial charge in [0.2, 0.25) is 0 Å². The van der Waals surface area contributed by atoms with Gasteiger partial charge in [-0.05, 0) is 48.5 Å². The van der Waals surface area contributed by atoms with E-state index in [1.807, 2.05) is 18.2 Å². The molecule has 3 aromatic rings. The van der Waals surface area contributed by atoms with Crippen molar-refractivity contribution in [1.29, 1.82) is 0 Å². The predicted molar refractivity (Wildman–Crippen MR) is 116 cm³/mol. The fourth-order valence-electron chi connectivity index (χ4n) is 2.39. The van der Waals surface area contributed by atoms with Crippen molar-refractivity contribution in [2.45, 2.75) is 6.61 Å². The van der Waals surface area contributed by atoms with Crippen LogP contribution in [0.5, 0.6) is 5.75 Å². The van der Waals surface area contributed by atoms with Gasteiger partial charge in [0.05, 0.1) is 0 Å². The Hall–Kier alpha value is -2.46. The number of rotatable bonds is 7. The number of hydrogen-bond donors (Lipinski definition) is 1. The summed E-state index contributed by atoms with van der Waals surface area (Å²) < 4.78 is 5.76. The average Bonchev–Trinajstić information content (AvgIpc) is 2.69. The van der Waals surface area contributed by atoms with Gasteiger partial charge in [0.25, 0.3) is 0 Å². The van der Waals surface area contributed by atoms with Crippen LogP contribution < -0.4 is 10.1 Å². The fourth-order valence-corrected chi connectivity index (χ4v) is 2.98. The van der Waals surface area contributed by atoms with Crippen molar-refractivity contribution in [2.24, 2.45) is 0 Å². The van der Waals surface area contributed by atoms with Crippen LogP contribution in [0.25, 0.3) is 0 Å². The SMILES string of the molecule is O=C(C=CNc1ccc(Cl)cc1)c1cccc(OCc2ccc(Cl)cc2Cl)c1. The Morgan fingerprint density at radius 3 is 2.43 bits per heavy atom. The number of nitrogens with one attached hydrogen (secondary N) is 1. The van der Waals surface area contributed by atoms with Crippen LogP contribution in [0.3, 0.4) is 0 Å². The molecule has 0 atom stereocenters. The second-order valence-electron chi connectivity index (χ2n) is 5.90. The van der Waals surface area contributed by atoms with Gasteiger partial charge in [-0.3, -0.25) is 4.79 Å². The first-order valence-electron chi connectivity index (χ1n) is 8.41. The highest BCUT2D eigenvalue weighted by molar-refractivity contribution is 6.35. The second-order valence-corrected chi connectivity index (χ2v) is 7.18. The van der Waals surface area contributed by atoms with Gasteiger partial charge in [-0.25, -0.2) is 0 Å². The minimum Gasteiger partial charge on any atom is -0.489 e. The van der Waals surface area contributed by atoms with Crippen molar-refractivity contribution in [3.8, 4) is 5.75 Å². The van der Waals surface area contributed by atoms with Crippen LogP contribution in [-0.2, 0) is 6.61 Å². The quantitative estimate of drug-likeness (QED) is 0.321. The normalized spacial score (nSPS) is 10.8. The van der Waals surface area contributed by atoms with E-state index in [0.717, 1.165) is 11.3 Å². The Kier molecular flexibility index (Phi) is 6.99. The summed E-state index contributed by atoms with van der Waals surface area (Å²) in [5.74, 6) is 0.437. The zero-order chi connectivity index (χ0) is 19.9. The van der Waals surface area contributed by atoms with Gasteiger partial charge in [0.1, 0.15) is 12.4 Å². The van der Waals surface area contributed by atoms with E-state index in [2.05, 4.69) is 5.32 Å². The average molecular weight is 433 g/mol. The van der Waals surface area contributed by atoms with Gasteiger partial charge in [-0.1, -0.05) is 53.0 Å². The van der Waals surface area contributed by atoms with E-state index < -0.39 is 0 Å². The molecule has 142 valence electrons. The van der Waals surface area contributed by atoms with Crippen LogP contribution in [-0.4, -0.2) is 5.78 Å². The number of ketones is 1. The Morgan fingerprint density at radius 2 is 1.68 bits per heavy atom. The summed E-state index contributed by atoms with van der Waals surface area (Å²) in [4.78, 5) is 12.4. The number of ether oxygens (including phenoxy) is 1. The number of carbonyl (C=O) groups excluding carboxylic acids is 1. The van der Waals surface area contributed by atoms with Crippen LogP contribution in [0.1, 0.15) is 15.9 Å². The molecule has 6 heteroatoms. The topological polar surface area (TPSA) is 38.3 Å². The molecule has 0 aliphatic heterocycles. The lowest BCUT2D eigenvalue weighted by molar-refractivity contribution is 0.104. The summed E-state index contributed by atoms with van der Waals surface area (Å²) in [6.07, 6.45) is 3.05. The lowest BCUT2D eigenvalue weighted by atomic mass is 10.1. The maximum atomic E-state index is 12.4. The highest BCUT2D eigenvalue weighted by Crippen LogP contribution is 2.23. The van der Waals surface area contributed by atoms with Crippen LogP contribution in [0.15, 0.2) is 79.0 Å². The molecular formula is C22H16Cl3NO2. The summed E-state index contributed by atoms with van der Waals surface area (Å²) in [6.45, 7) is 0.279. The van der Waals surface area contributed by atoms with E-state index in [4.69, 9.17) is 39.5 Å². The lowest BCUT2D eigenvalue weighted by Crippen LogP contribution is -1.99. The first-order valence-corrected chi connectivity index (χ1v) is 9.54. The number of halogens is 3. The number of carbonyl (C=O) groups is 1. The van der Waals surface area contributed by atoms with Gasteiger partial charge in [-0.15, -0.1) is 0 Å². The molecule has 0 aliphatic carbocycles. The van der Waals surface area contributed by atoms with E-state index in [0.29, 0.717) is 26.4 Å². The standard InChI is InChI=1S/C22H16Cl3NO2/c23-17-6-8-19(9-7-17)26-11-10-22(27)15-2-1-3-20(12-15)28-14-16-4-5-18(24)13-21(16)25/h1-13,26H,14H2. The lowest BCUT2D eigenvalue weighted by Gasteiger charge is -2.09. The molecule has 0 bridgehead atoms. The van der Waals surface area contributed by atoms with Crippen molar-refractivity contribution in [1.82, 2.24) is 0 Å². The molecule has 0 fully saturated rings. The molecule has 0 radical (unpaired) electrons. The van der Waals surface area contributed by atoms with Crippen molar-refractivity contribution in [3.63, 3.8) is 0 Å². The van der Waals surface area contributed by atoms with E-state index in [-0.39, 0.29) is 12.4 Å². The summed E-state index contributed by atoms with van der Waals surface area (Å²) >= 11 is 17.9. The molecule has 28 heavy (non-hydrogen) atoms. The Bertz CT molecular complexity index is 1000. The maximum Gasteiger partial charge on any atom is 0.187 e. The second kappa shape index (κ2) is 9.65. The molecule has 0 amide bonds. The third kappa shape index (κ3) is 5.77. The van der Waals surface area contributed by atoms with Crippen molar-refractivity contribution in [2.75, 3.05) is 5.32 Å². The summed E-state index contributed by atoms with van der Waals surface area (Å²) in [6, 6.07) is 19.4. The monoisotopic (exact) mass is 431 g/mol. The molecule has 0 aliphatic rings. The van der Waals surface area contributed by atoms with Gasteiger partial charge < -0.3 is 10.1 Å². The summed E-state index contributed by atoms with van der Waals surface area (Å²) in [5.41, 5.74) is 2.18. The highest BCUT2D eigenvalue weighted by Gasteiger charge is 2.06. The molecule has 0 saturated heterocycles. The number of allylic oxidation sites excluding steroid dienone is 1. The van der Waals surface area contributed by atoms with Crippen LogP contribution in [0.4, 0.5) is 5.69 Å². The summed E-state index contributed by atoms with van der Waals surface area (Å²) in [5, 5.41) is 4.79. The largest absolute Gasteiger partial charge is 0.489 e. The van der Waals surface area contributed by atoms with Gasteiger partial charge in [0, 0.05) is 44.2 Å². The molecule has 3 aromatic carbocycles. The molecule has 0 unspecified atom stereocenters. The van der Waals surface area contributed by atoms with E-state index >= 15 is 0 Å². The third-order valence-electron chi connectivity index (χ3n) is 3.86. The van der Waals surface area contributed by atoms with Crippen molar-refractivity contribution >= 4 is 46.3 Å². The zero-order valence-corrected chi connectivity index (χ0v) is 16.9. The first-order chi connectivity index (χ1) is 13.5. The molecular weight excluding hydrogens is 417 g/mol. The molecule has 3 nitrogen and oxygen atoms in total. The van der Waals surface area contributed by atoms with Crippen LogP contribution in [0.2, 0.25) is 15.1 Å². The molecule has 0 heterocycles. The van der Waals surface area contributed by atoms with Crippen molar-refractivity contribution < 1.29 is 9.53 Å². The minimum atomic E-state index is -0.142. The Labute approximate surface area is 178 Å². The number of hydrogen-bond acceptors (Lipinski definition) is 3. The van der Waals surface area contributed by atoms with Gasteiger partial charge >= 0.3 is 0 Å². The van der Waals surface area contributed by atoms with Crippen molar-refractivity contribution in [3.05, 3.63) is 105 Å². The zero-order valence-electron chi connectivity index (χ0n) is 14.7. The number of benzene rings is 3. The van der Waals surface area contributed by atoms with E-state index in [1.165, 1.54) is 6.08 Å². The predicted octanol–water partition coefficient (Wildman–Crippen LogP) is 7.03. The van der Waals surface area contributed by atoms with E-state index in [9.17, 15) is 4.79 Å². The molecule has 0 spiro atoms. The third-order valence-corrected chi connectivity index (χ3v) is 4.70. The molecule has 1 N–H and O–H groups in total. The first kappa shape index (κ1) is 20.3. The summed E-state index contributed by atoms with van der Waals surface area (Å²) in [7, 11) is 0. The molecule has 0 aromatic heterocycles. The number of anilines is 1. The smallest absolute Gasteiger partial charge is 0.187 e. The Balaban J connectivity index is 1.60. The maximum absolute atomic E-state index is 12.4. The van der Waals surface area contributed by atoms with E-state index in [1.54, 1.807) is 54.7 Å². The van der Waals surface area contributed by atoms with Gasteiger partial charge in [-0.2, -0.15) is 0 Å². The Morgan fingerprint density at radius 1 is 0.929 bits per heavy atom. The molecule has 3 rings (SSSR count). The molecule has 0 saturated carbocycles. The van der Waals surface area contributed by atoms with Gasteiger partial charge in [0.15, 0.2) is 5.78 Å². The van der Waals surface area contributed by atoms with Crippen LogP contribution in [0, 0.1) is 0 Å². The highest BCUT2D eigenvalue weighted by atomic mass is 35.5. The van der Waals surface area contributed by atoms with Crippen LogP contribution >= 0.6 is 34.8 Å². The fraction of sp³-hybridized carbons (Fsp3) is 0.0455. The minimum absolute atomic E-state index is 0.142.